The number of ether oxygens (including phenoxy) is 1. The maximum absolute atomic E-state index is 13.4. The summed E-state index contributed by atoms with van der Waals surface area (Å²) in [5.41, 5.74) is 2.80. The van der Waals surface area contributed by atoms with Crippen molar-refractivity contribution in [1.82, 2.24) is 4.90 Å². The number of carbonyl (C=O) groups excluding carboxylic acids is 2. The fourth-order valence-electron chi connectivity index (χ4n) is 3.67. The monoisotopic (exact) mass is 450 g/mol. The average molecular weight is 451 g/mol. The quantitative estimate of drug-likeness (QED) is 0.618. The molecule has 6 nitrogen and oxygen atoms in total. The van der Waals surface area contributed by atoms with Crippen molar-refractivity contribution in [2.75, 3.05) is 24.6 Å². The minimum absolute atomic E-state index is 0.127. The first-order chi connectivity index (χ1) is 15.6. The van der Waals surface area contributed by atoms with E-state index in [1.54, 1.807) is 23.1 Å². The van der Waals surface area contributed by atoms with E-state index in [1.807, 2.05) is 54.6 Å². The summed E-state index contributed by atoms with van der Waals surface area (Å²) in [7, 11) is 0. The molecule has 0 aromatic heterocycles. The number of para-hydroxylation sites is 1. The molecular weight excluding hydrogens is 428 g/mol. The smallest absolute Gasteiger partial charge is 0.260 e. The molecule has 2 amide bonds. The van der Waals surface area contributed by atoms with Gasteiger partial charge in [-0.15, -0.1) is 0 Å². The van der Waals surface area contributed by atoms with Crippen molar-refractivity contribution >= 4 is 29.1 Å². The van der Waals surface area contributed by atoms with Gasteiger partial charge in [0.25, 0.3) is 5.91 Å². The van der Waals surface area contributed by atoms with Gasteiger partial charge in [-0.1, -0.05) is 60.1 Å². The molecule has 1 aliphatic rings. The summed E-state index contributed by atoms with van der Waals surface area (Å²) in [6, 6.07) is 22.1. The highest BCUT2D eigenvalue weighted by molar-refractivity contribution is 6.34. The topological polar surface area (TPSA) is 70.1 Å². The number of aliphatic hydroxyl groups is 1. The van der Waals surface area contributed by atoms with Crippen LogP contribution in [0.4, 0.5) is 5.69 Å². The van der Waals surface area contributed by atoms with Crippen LogP contribution in [0.1, 0.15) is 21.5 Å². The number of hydrogen-bond acceptors (Lipinski definition) is 4. The van der Waals surface area contributed by atoms with Crippen LogP contribution in [-0.2, 0) is 17.9 Å². The Morgan fingerprint density at radius 2 is 1.75 bits per heavy atom. The number of carbonyl (C=O) groups is 2. The average Bonchev–Trinajstić information content (AvgIpc) is 2.95. The van der Waals surface area contributed by atoms with Crippen molar-refractivity contribution in [1.29, 1.82) is 0 Å². The Morgan fingerprint density at radius 3 is 2.50 bits per heavy atom. The molecule has 0 atom stereocenters. The molecule has 1 N–H and O–H groups in total. The van der Waals surface area contributed by atoms with Crippen LogP contribution in [0, 0.1) is 0 Å². The van der Waals surface area contributed by atoms with Crippen LogP contribution in [0.3, 0.4) is 0 Å². The Bertz CT molecular complexity index is 1120. The van der Waals surface area contributed by atoms with Crippen molar-refractivity contribution in [3.8, 4) is 5.75 Å². The molecule has 3 aromatic rings. The molecule has 4 rings (SSSR count). The van der Waals surface area contributed by atoms with Gasteiger partial charge >= 0.3 is 0 Å². The van der Waals surface area contributed by atoms with Crippen LogP contribution >= 0.6 is 11.6 Å². The Morgan fingerprint density at radius 1 is 1.00 bits per heavy atom. The minimum atomic E-state index is -0.365. The van der Waals surface area contributed by atoms with Gasteiger partial charge in [0.05, 0.1) is 17.2 Å². The first kappa shape index (κ1) is 21.9. The van der Waals surface area contributed by atoms with Gasteiger partial charge in [-0.2, -0.15) is 0 Å². The summed E-state index contributed by atoms with van der Waals surface area (Å²) in [5.74, 6) is -0.0457. The lowest BCUT2D eigenvalue weighted by atomic mass is 10.1. The second-order valence-electron chi connectivity index (χ2n) is 7.47. The number of fused-ring (bicyclic) bond motifs is 1. The third kappa shape index (κ3) is 4.77. The third-order valence-corrected chi connectivity index (χ3v) is 5.64. The number of benzene rings is 3. The SMILES string of the molecule is O=C1CN(C(=O)c2ccc(OCc3ccccc3)cc2Cl)c2ccccc2CN1CCO. The van der Waals surface area contributed by atoms with E-state index in [1.165, 1.54) is 4.90 Å². The number of rotatable bonds is 6. The van der Waals surface area contributed by atoms with Gasteiger partial charge in [0.15, 0.2) is 0 Å². The number of aliphatic hydroxyl groups excluding tert-OH is 1. The van der Waals surface area contributed by atoms with Crippen LogP contribution in [0.5, 0.6) is 5.75 Å². The van der Waals surface area contributed by atoms with Crippen LogP contribution in [0.15, 0.2) is 72.8 Å². The van der Waals surface area contributed by atoms with E-state index < -0.39 is 0 Å². The predicted octanol–water partition coefficient (Wildman–Crippen LogP) is 3.90. The van der Waals surface area contributed by atoms with E-state index in [9.17, 15) is 14.7 Å². The predicted molar refractivity (Wildman–Crippen MR) is 123 cm³/mol. The highest BCUT2D eigenvalue weighted by atomic mass is 35.5. The second-order valence-corrected chi connectivity index (χ2v) is 7.88. The Hall–Kier alpha value is -3.35. The lowest BCUT2D eigenvalue weighted by Gasteiger charge is -2.23. The van der Waals surface area contributed by atoms with E-state index >= 15 is 0 Å². The van der Waals surface area contributed by atoms with Crippen LogP contribution in [0.25, 0.3) is 0 Å². The van der Waals surface area contributed by atoms with Crippen molar-refractivity contribution < 1.29 is 19.4 Å². The largest absolute Gasteiger partial charge is 0.489 e. The molecule has 7 heteroatoms. The van der Waals surface area contributed by atoms with Crippen LogP contribution < -0.4 is 9.64 Å². The molecule has 3 aromatic carbocycles. The highest BCUT2D eigenvalue weighted by Gasteiger charge is 2.30. The lowest BCUT2D eigenvalue weighted by molar-refractivity contribution is -0.130. The molecule has 0 radical (unpaired) electrons. The fourth-order valence-corrected chi connectivity index (χ4v) is 3.92. The van der Waals surface area contributed by atoms with Gasteiger partial charge in [0.1, 0.15) is 18.9 Å². The summed E-state index contributed by atoms with van der Waals surface area (Å²) < 4.78 is 5.79. The Labute approximate surface area is 191 Å². The summed E-state index contributed by atoms with van der Waals surface area (Å²) in [6.07, 6.45) is 0. The van der Waals surface area contributed by atoms with Crippen LogP contribution in [-0.4, -0.2) is 41.5 Å². The molecule has 0 unspecified atom stereocenters. The van der Waals surface area contributed by atoms with E-state index in [2.05, 4.69) is 0 Å². The maximum atomic E-state index is 13.4. The molecule has 0 saturated carbocycles. The van der Waals surface area contributed by atoms with E-state index in [4.69, 9.17) is 16.3 Å². The molecule has 32 heavy (non-hydrogen) atoms. The standard InChI is InChI=1S/C25H23ClN2O4/c26-22-14-20(32-17-18-6-2-1-3-7-18)10-11-21(22)25(31)28-16-24(30)27(12-13-29)15-19-8-4-5-9-23(19)28/h1-11,14,29H,12-13,15-17H2. The maximum Gasteiger partial charge on any atom is 0.260 e. The number of halogens is 1. The third-order valence-electron chi connectivity index (χ3n) is 5.32. The lowest BCUT2D eigenvalue weighted by Crippen LogP contribution is -2.41. The number of hydrogen-bond donors (Lipinski definition) is 1. The van der Waals surface area contributed by atoms with Crippen molar-refractivity contribution in [2.24, 2.45) is 0 Å². The molecule has 164 valence electrons. The zero-order valence-electron chi connectivity index (χ0n) is 17.4. The van der Waals surface area contributed by atoms with Gasteiger partial charge in [-0.3, -0.25) is 14.5 Å². The first-order valence-electron chi connectivity index (χ1n) is 10.3. The summed E-state index contributed by atoms with van der Waals surface area (Å²) in [6.45, 7) is 0.665. The molecule has 1 heterocycles. The molecule has 0 spiro atoms. The summed E-state index contributed by atoms with van der Waals surface area (Å²) >= 11 is 6.45. The van der Waals surface area contributed by atoms with Gasteiger partial charge < -0.3 is 14.7 Å². The van der Waals surface area contributed by atoms with Crippen LogP contribution in [0.2, 0.25) is 5.02 Å². The molecular formula is C25H23ClN2O4. The number of anilines is 1. The molecule has 0 aliphatic carbocycles. The zero-order valence-corrected chi connectivity index (χ0v) is 18.2. The van der Waals surface area contributed by atoms with Gasteiger partial charge in [0, 0.05) is 18.8 Å². The van der Waals surface area contributed by atoms with E-state index in [0.717, 1.165) is 11.1 Å². The minimum Gasteiger partial charge on any atom is -0.489 e. The number of amides is 2. The normalized spacial score (nSPS) is 13.5. The Balaban J connectivity index is 1.57. The second kappa shape index (κ2) is 9.85. The fraction of sp³-hybridized carbons (Fsp3) is 0.200. The molecule has 0 fully saturated rings. The van der Waals surface area contributed by atoms with Gasteiger partial charge in [-0.25, -0.2) is 0 Å². The molecule has 1 aliphatic heterocycles. The Kier molecular flexibility index (Phi) is 6.73. The van der Waals surface area contributed by atoms with E-state index in [-0.39, 0.29) is 42.1 Å². The molecule has 0 bridgehead atoms. The van der Waals surface area contributed by atoms with Crippen molar-refractivity contribution in [3.63, 3.8) is 0 Å². The highest BCUT2D eigenvalue weighted by Crippen LogP contribution is 2.30. The van der Waals surface area contributed by atoms with E-state index in [0.29, 0.717) is 24.6 Å². The molecule has 0 saturated heterocycles. The zero-order chi connectivity index (χ0) is 22.5. The van der Waals surface area contributed by atoms with Gasteiger partial charge in [-0.05, 0) is 35.4 Å². The first-order valence-corrected chi connectivity index (χ1v) is 10.7. The van der Waals surface area contributed by atoms with Gasteiger partial charge in [0.2, 0.25) is 5.91 Å². The number of nitrogens with zero attached hydrogens (tertiary/aromatic N) is 2. The summed E-state index contributed by atoms with van der Waals surface area (Å²) in [5, 5.41) is 9.56. The van der Waals surface area contributed by atoms with Crippen molar-refractivity contribution in [3.05, 3.63) is 94.5 Å². The number of β-amino-alcohol motifs (C(OH)–C–C–N with tert-alkyl or cyclic N) is 1. The van der Waals surface area contributed by atoms with Crippen molar-refractivity contribution in [2.45, 2.75) is 13.2 Å². The summed E-state index contributed by atoms with van der Waals surface area (Å²) in [4.78, 5) is 29.2.